The van der Waals surface area contributed by atoms with Crippen molar-refractivity contribution >= 4 is 11.6 Å². The molecule has 0 spiro atoms. The summed E-state index contributed by atoms with van der Waals surface area (Å²) in [5, 5.41) is 4.22. The van der Waals surface area contributed by atoms with Crippen LogP contribution in [0.5, 0.6) is 11.5 Å². The van der Waals surface area contributed by atoms with Crippen molar-refractivity contribution in [2.45, 2.75) is 32.1 Å². The molecule has 1 fully saturated rings. The molecule has 1 N–H and O–H groups in total. The molecule has 2 heterocycles. The SMILES string of the molecule is Cc1c2c(cc(Cl)c1C1CCNCC1)OCCCO2. The number of halogens is 1. The Balaban J connectivity index is 2.01. The van der Waals surface area contributed by atoms with E-state index in [1.165, 1.54) is 5.56 Å². The first-order chi connectivity index (χ1) is 9.27. The fourth-order valence-electron chi connectivity index (χ4n) is 3.06. The normalized spacial score (nSPS) is 20.1. The van der Waals surface area contributed by atoms with Gasteiger partial charge in [-0.2, -0.15) is 0 Å². The smallest absolute Gasteiger partial charge is 0.164 e. The van der Waals surface area contributed by atoms with E-state index in [1.807, 2.05) is 6.07 Å². The quantitative estimate of drug-likeness (QED) is 0.857. The van der Waals surface area contributed by atoms with Gasteiger partial charge in [0.25, 0.3) is 0 Å². The van der Waals surface area contributed by atoms with Crippen LogP contribution in [-0.4, -0.2) is 26.3 Å². The van der Waals surface area contributed by atoms with E-state index in [2.05, 4.69) is 12.2 Å². The Morgan fingerprint density at radius 3 is 2.74 bits per heavy atom. The summed E-state index contributed by atoms with van der Waals surface area (Å²) in [4.78, 5) is 0. The third-order valence-corrected chi connectivity index (χ3v) is 4.34. The van der Waals surface area contributed by atoms with Crippen LogP contribution in [0.2, 0.25) is 5.02 Å². The highest BCUT2D eigenvalue weighted by Gasteiger charge is 2.25. The maximum atomic E-state index is 6.50. The molecule has 3 nitrogen and oxygen atoms in total. The molecule has 0 saturated carbocycles. The molecule has 3 rings (SSSR count). The van der Waals surface area contributed by atoms with E-state index in [9.17, 15) is 0 Å². The molecule has 1 aromatic carbocycles. The van der Waals surface area contributed by atoms with E-state index in [-0.39, 0.29) is 0 Å². The fraction of sp³-hybridized carbons (Fsp3) is 0.600. The third kappa shape index (κ3) is 2.54. The molecule has 0 aliphatic carbocycles. The summed E-state index contributed by atoms with van der Waals surface area (Å²) in [6.07, 6.45) is 3.20. The minimum atomic E-state index is 0.533. The lowest BCUT2D eigenvalue weighted by atomic mass is 9.87. The molecule has 104 valence electrons. The first-order valence-electron chi connectivity index (χ1n) is 7.06. The Labute approximate surface area is 119 Å². The van der Waals surface area contributed by atoms with Gasteiger partial charge in [0.05, 0.1) is 13.2 Å². The molecule has 0 amide bonds. The first-order valence-corrected chi connectivity index (χ1v) is 7.44. The second kappa shape index (κ2) is 5.59. The van der Waals surface area contributed by atoms with Crippen molar-refractivity contribution in [3.8, 4) is 11.5 Å². The molecule has 19 heavy (non-hydrogen) atoms. The van der Waals surface area contributed by atoms with Gasteiger partial charge in [-0.1, -0.05) is 11.6 Å². The Hall–Kier alpha value is -0.930. The highest BCUT2D eigenvalue weighted by atomic mass is 35.5. The number of rotatable bonds is 1. The summed E-state index contributed by atoms with van der Waals surface area (Å²) in [7, 11) is 0. The van der Waals surface area contributed by atoms with Crippen LogP contribution in [0.4, 0.5) is 0 Å². The van der Waals surface area contributed by atoms with Crippen molar-refractivity contribution in [1.29, 1.82) is 0 Å². The van der Waals surface area contributed by atoms with Crippen molar-refractivity contribution < 1.29 is 9.47 Å². The van der Waals surface area contributed by atoms with Crippen molar-refractivity contribution in [3.05, 3.63) is 22.2 Å². The Morgan fingerprint density at radius 1 is 1.21 bits per heavy atom. The van der Waals surface area contributed by atoms with Gasteiger partial charge >= 0.3 is 0 Å². The molecular weight excluding hydrogens is 262 g/mol. The van der Waals surface area contributed by atoms with E-state index in [0.717, 1.165) is 61.0 Å². The average molecular weight is 282 g/mol. The summed E-state index contributed by atoms with van der Waals surface area (Å²) < 4.78 is 11.6. The second-order valence-corrected chi connectivity index (χ2v) is 5.71. The average Bonchev–Trinajstić information content (AvgIpc) is 2.65. The van der Waals surface area contributed by atoms with Gasteiger partial charge in [-0.25, -0.2) is 0 Å². The Bertz CT molecular complexity index is 470. The van der Waals surface area contributed by atoms with Gasteiger partial charge in [-0.15, -0.1) is 0 Å². The van der Waals surface area contributed by atoms with Crippen LogP contribution in [0.3, 0.4) is 0 Å². The lowest BCUT2D eigenvalue weighted by Crippen LogP contribution is -2.27. The van der Waals surface area contributed by atoms with Gasteiger partial charge in [-0.05, 0) is 49.9 Å². The minimum absolute atomic E-state index is 0.533. The molecule has 2 aliphatic heterocycles. The monoisotopic (exact) mass is 281 g/mol. The highest BCUT2D eigenvalue weighted by Crippen LogP contribution is 2.43. The number of nitrogens with one attached hydrogen (secondary N) is 1. The molecule has 2 aliphatic rings. The number of piperidine rings is 1. The third-order valence-electron chi connectivity index (χ3n) is 4.02. The summed E-state index contributed by atoms with van der Waals surface area (Å²) in [6, 6.07) is 1.94. The van der Waals surface area contributed by atoms with Gasteiger partial charge < -0.3 is 14.8 Å². The van der Waals surface area contributed by atoms with Crippen LogP contribution in [0.15, 0.2) is 6.07 Å². The predicted molar refractivity (Wildman–Crippen MR) is 76.6 cm³/mol. The standard InChI is InChI=1S/C15H20ClNO2/c1-10-14(11-3-5-17-6-4-11)12(16)9-13-15(10)19-8-2-7-18-13/h9,11,17H,2-8H2,1H3. The van der Waals surface area contributed by atoms with Crippen molar-refractivity contribution in [2.24, 2.45) is 0 Å². The lowest BCUT2D eigenvalue weighted by molar-refractivity contribution is 0.296. The van der Waals surface area contributed by atoms with Crippen LogP contribution >= 0.6 is 11.6 Å². The largest absolute Gasteiger partial charge is 0.489 e. The van der Waals surface area contributed by atoms with Gasteiger partial charge in [0.15, 0.2) is 11.5 Å². The van der Waals surface area contributed by atoms with Gasteiger partial charge in [0.1, 0.15) is 0 Å². The predicted octanol–water partition coefficient (Wildman–Crippen LogP) is 3.28. The molecule has 0 bridgehead atoms. The maximum Gasteiger partial charge on any atom is 0.164 e. The lowest BCUT2D eigenvalue weighted by Gasteiger charge is -2.26. The summed E-state index contributed by atoms with van der Waals surface area (Å²) in [5.74, 6) is 2.24. The molecular formula is C15H20ClNO2. The molecule has 1 saturated heterocycles. The molecule has 0 unspecified atom stereocenters. The van der Waals surface area contributed by atoms with Gasteiger partial charge in [0.2, 0.25) is 0 Å². The minimum Gasteiger partial charge on any atom is -0.489 e. The zero-order valence-corrected chi connectivity index (χ0v) is 12.1. The summed E-state index contributed by atoms with van der Waals surface area (Å²) in [6.45, 7) is 5.66. The molecule has 0 radical (unpaired) electrons. The van der Waals surface area contributed by atoms with Crippen molar-refractivity contribution in [3.63, 3.8) is 0 Å². The van der Waals surface area contributed by atoms with E-state index in [0.29, 0.717) is 12.5 Å². The maximum absolute atomic E-state index is 6.50. The zero-order chi connectivity index (χ0) is 13.2. The molecule has 0 aromatic heterocycles. The zero-order valence-electron chi connectivity index (χ0n) is 11.3. The van der Waals surface area contributed by atoms with E-state index < -0.39 is 0 Å². The Morgan fingerprint density at radius 2 is 1.95 bits per heavy atom. The van der Waals surface area contributed by atoms with Gasteiger partial charge in [-0.3, -0.25) is 0 Å². The van der Waals surface area contributed by atoms with Crippen LogP contribution in [-0.2, 0) is 0 Å². The second-order valence-electron chi connectivity index (χ2n) is 5.30. The Kier molecular flexibility index (Phi) is 3.85. The molecule has 0 atom stereocenters. The summed E-state index contributed by atoms with van der Waals surface area (Å²) >= 11 is 6.50. The van der Waals surface area contributed by atoms with Crippen LogP contribution in [0.1, 0.15) is 36.3 Å². The molecule has 4 heteroatoms. The van der Waals surface area contributed by atoms with Crippen LogP contribution < -0.4 is 14.8 Å². The van der Waals surface area contributed by atoms with Crippen LogP contribution in [0.25, 0.3) is 0 Å². The molecule has 1 aromatic rings. The van der Waals surface area contributed by atoms with E-state index in [4.69, 9.17) is 21.1 Å². The van der Waals surface area contributed by atoms with Gasteiger partial charge in [0, 0.05) is 17.5 Å². The topological polar surface area (TPSA) is 30.5 Å². The number of benzene rings is 1. The van der Waals surface area contributed by atoms with Crippen LogP contribution in [0, 0.1) is 6.92 Å². The van der Waals surface area contributed by atoms with E-state index >= 15 is 0 Å². The van der Waals surface area contributed by atoms with Crippen molar-refractivity contribution in [2.75, 3.05) is 26.3 Å². The van der Waals surface area contributed by atoms with Crippen molar-refractivity contribution in [1.82, 2.24) is 5.32 Å². The highest BCUT2D eigenvalue weighted by molar-refractivity contribution is 6.31. The number of hydrogen-bond acceptors (Lipinski definition) is 3. The number of fused-ring (bicyclic) bond motifs is 1. The fourth-order valence-corrected chi connectivity index (χ4v) is 3.45. The van der Waals surface area contributed by atoms with E-state index in [1.54, 1.807) is 0 Å². The number of hydrogen-bond donors (Lipinski definition) is 1. The first kappa shape index (κ1) is 13.1. The number of ether oxygens (including phenoxy) is 2. The summed E-state index contributed by atoms with van der Waals surface area (Å²) in [5.41, 5.74) is 2.42.